The molecule has 0 bridgehead atoms. The number of alkyl halides is 3. The van der Waals surface area contributed by atoms with Crippen molar-refractivity contribution in [2.24, 2.45) is 0 Å². The number of nitrogens with zero attached hydrogens (tertiary/aromatic N) is 3. The Balaban J connectivity index is 1.59. The summed E-state index contributed by atoms with van der Waals surface area (Å²) in [5, 5.41) is 11.4. The van der Waals surface area contributed by atoms with Crippen molar-refractivity contribution in [1.82, 2.24) is 14.8 Å². The Morgan fingerprint density at radius 2 is 2.00 bits per heavy atom. The van der Waals surface area contributed by atoms with Crippen LogP contribution < -0.4 is 10.1 Å². The van der Waals surface area contributed by atoms with Crippen LogP contribution in [-0.2, 0) is 11.3 Å². The van der Waals surface area contributed by atoms with Gasteiger partial charge in [-0.2, -0.15) is 0 Å². The molecule has 1 fully saturated rings. The predicted molar refractivity (Wildman–Crippen MR) is 94.7 cm³/mol. The highest BCUT2D eigenvalue weighted by Crippen LogP contribution is 2.40. The smallest absolute Gasteiger partial charge is 0.406 e. The first-order valence-corrected chi connectivity index (χ1v) is 9.41. The molecule has 1 aromatic carbocycles. The van der Waals surface area contributed by atoms with Crippen LogP contribution in [0.3, 0.4) is 0 Å². The Morgan fingerprint density at radius 1 is 1.33 bits per heavy atom. The number of halogens is 3. The second-order valence-electron chi connectivity index (χ2n) is 6.18. The number of aromatic nitrogens is 3. The number of amides is 1. The SMILES string of the molecule is CCn1c(SC(C)C(=O)Nc2ccc(OC(F)(F)F)cc2)nnc1C1CC1. The van der Waals surface area contributed by atoms with Crippen LogP contribution in [0, 0.1) is 0 Å². The summed E-state index contributed by atoms with van der Waals surface area (Å²) in [5.41, 5.74) is 0.387. The summed E-state index contributed by atoms with van der Waals surface area (Å²) in [4.78, 5) is 12.4. The van der Waals surface area contributed by atoms with Crippen molar-refractivity contribution in [3.63, 3.8) is 0 Å². The summed E-state index contributed by atoms with van der Waals surface area (Å²) >= 11 is 1.30. The van der Waals surface area contributed by atoms with Crippen LogP contribution in [0.2, 0.25) is 0 Å². The summed E-state index contributed by atoms with van der Waals surface area (Å²) < 4.78 is 42.4. The monoisotopic (exact) mass is 400 g/mol. The van der Waals surface area contributed by atoms with Gasteiger partial charge in [-0.15, -0.1) is 23.4 Å². The molecule has 1 aliphatic carbocycles. The lowest BCUT2D eigenvalue weighted by atomic mass is 10.3. The van der Waals surface area contributed by atoms with Gasteiger partial charge in [-0.25, -0.2) is 0 Å². The van der Waals surface area contributed by atoms with Crippen molar-refractivity contribution in [3.8, 4) is 5.75 Å². The number of carbonyl (C=O) groups excluding carboxylic acids is 1. The molecule has 2 aromatic rings. The molecule has 27 heavy (non-hydrogen) atoms. The average Bonchev–Trinajstić information content (AvgIpc) is 3.36. The number of hydrogen-bond donors (Lipinski definition) is 1. The van der Waals surface area contributed by atoms with Gasteiger partial charge < -0.3 is 14.6 Å². The fourth-order valence-corrected chi connectivity index (χ4v) is 3.44. The van der Waals surface area contributed by atoms with E-state index in [9.17, 15) is 18.0 Å². The molecular formula is C17H19F3N4O2S. The van der Waals surface area contributed by atoms with E-state index in [0.29, 0.717) is 16.8 Å². The summed E-state index contributed by atoms with van der Waals surface area (Å²) in [6.07, 6.45) is -2.51. The highest BCUT2D eigenvalue weighted by atomic mass is 32.2. The molecular weight excluding hydrogens is 381 g/mol. The normalized spacial score (nSPS) is 15.4. The maximum atomic E-state index is 12.4. The van der Waals surface area contributed by atoms with Gasteiger partial charge in [0.05, 0.1) is 5.25 Å². The molecule has 6 nitrogen and oxygen atoms in total. The molecule has 0 saturated heterocycles. The van der Waals surface area contributed by atoms with Crippen molar-refractivity contribution in [3.05, 3.63) is 30.1 Å². The van der Waals surface area contributed by atoms with E-state index >= 15 is 0 Å². The van der Waals surface area contributed by atoms with E-state index in [1.165, 1.54) is 23.9 Å². The molecule has 0 spiro atoms. The van der Waals surface area contributed by atoms with Crippen LogP contribution in [0.25, 0.3) is 0 Å². The molecule has 1 aliphatic rings. The Hall–Kier alpha value is -2.23. The molecule has 1 N–H and O–H groups in total. The first kappa shape index (κ1) is 19.5. The second kappa shape index (κ2) is 7.79. The van der Waals surface area contributed by atoms with Crippen molar-refractivity contribution in [2.75, 3.05) is 5.32 Å². The van der Waals surface area contributed by atoms with Gasteiger partial charge in [0.15, 0.2) is 5.16 Å². The number of rotatable bonds is 7. The van der Waals surface area contributed by atoms with E-state index in [1.54, 1.807) is 6.92 Å². The minimum atomic E-state index is -4.75. The van der Waals surface area contributed by atoms with Crippen LogP contribution in [0.15, 0.2) is 29.4 Å². The van der Waals surface area contributed by atoms with Gasteiger partial charge >= 0.3 is 6.36 Å². The molecule has 3 rings (SSSR count). The molecule has 0 aliphatic heterocycles. The largest absolute Gasteiger partial charge is 0.573 e. The fourth-order valence-electron chi connectivity index (χ4n) is 2.52. The van der Waals surface area contributed by atoms with E-state index in [4.69, 9.17) is 0 Å². The van der Waals surface area contributed by atoms with Gasteiger partial charge in [0.25, 0.3) is 0 Å². The average molecular weight is 400 g/mol. The minimum absolute atomic E-state index is 0.275. The molecule has 1 unspecified atom stereocenters. The zero-order chi connectivity index (χ0) is 19.6. The summed E-state index contributed by atoms with van der Waals surface area (Å²) in [6, 6.07) is 5.01. The lowest BCUT2D eigenvalue weighted by molar-refractivity contribution is -0.274. The number of benzene rings is 1. The van der Waals surface area contributed by atoms with Crippen molar-refractivity contribution >= 4 is 23.4 Å². The number of nitrogens with one attached hydrogen (secondary N) is 1. The number of carbonyl (C=O) groups is 1. The highest BCUT2D eigenvalue weighted by Gasteiger charge is 2.31. The maximum absolute atomic E-state index is 12.4. The third kappa shape index (κ3) is 5.15. The quantitative estimate of drug-likeness (QED) is 0.706. The Bertz CT molecular complexity index is 804. The summed E-state index contributed by atoms with van der Waals surface area (Å²) in [6.45, 7) is 4.48. The van der Waals surface area contributed by atoms with E-state index in [-0.39, 0.29) is 11.7 Å². The Labute approximate surface area is 158 Å². The maximum Gasteiger partial charge on any atom is 0.573 e. The molecule has 1 amide bonds. The second-order valence-corrected chi connectivity index (χ2v) is 7.49. The fraction of sp³-hybridized carbons (Fsp3) is 0.471. The first-order chi connectivity index (χ1) is 12.8. The molecule has 146 valence electrons. The summed E-state index contributed by atoms with van der Waals surface area (Å²) in [5.74, 6) is 0.816. The van der Waals surface area contributed by atoms with Gasteiger partial charge in [-0.05, 0) is 51.0 Å². The van der Waals surface area contributed by atoms with Crippen LogP contribution in [0.1, 0.15) is 38.4 Å². The molecule has 1 heterocycles. The first-order valence-electron chi connectivity index (χ1n) is 8.53. The molecule has 1 atom stereocenters. The van der Waals surface area contributed by atoms with Crippen LogP contribution in [0.5, 0.6) is 5.75 Å². The molecule has 1 aromatic heterocycles. The van der Waals surface area contributed by atoms with Crippen LogP contribution >= 0.6 is 11.8 Å². The minimum Gasteiger partial charge on any atom is -0.406 e. The van der Waals surface area contributed by atoms with Crippen molar-refractivity contribution < 1.29 is 22.7 Å². The van der Waals surface area contributed by atoms with Gasteiger partial charge in [-0.1, -0.05) is 11.8 Å². The number of ether oxygens (including phenoxy) is 1. The van der Waals surface area contributed by atoms with Crippen LogP contribution in [-0.4, -0.2) is 32.3 Å². The van der Waals surface area contributed by atoms with E-state index < -0.39 is 11.6 Å². The van der Waals surface area contributed by atoms with E-state index in [1.807, 2.05) is 11.5 Å². The molecule has 10 heteroatoms. The lowest BCUT2D eigenvalue weighted by Gasteiger charge is -2.13. The van der Waals surface area contributed by atoms with Gasteiger partial charge in [0, 0.05) is 18.2 Å². The third-order valence-electron chi connectivity index (χ3n) is 4.01. The lowest BCUT2D eigenvalue weighted by Crippen LogP contribution is -2.23. The standard InChI is InChI=1S/C17H19F3N4O2S/c1-3-24-14(11-4-5-11)22-23-16(24)27-10(2)15(25)21-12-6-8-13(9-7-12)26-17(18,19)20/h6-11H,3-5H2,1-2H3,(H,21,25). The topological polar surface area (TPSA) is 69.0 Å². The molecule has 1 saturated carbocycles. The zero-order valence-corrected chi connectivity index (χ0v) is 15.6. The van der Waals surface area contributed by atoms with Gasteiger partial charge in [-0.3, -0.25) is 4.79 Å². The van der Waals surface area contributed by atoms with Gasteiger partial charge in [0.2, 0.25) is 5.91 Å². The number of thioether (sulfide) groups is 1. The summed E-state index contributed by atoms with van der Waals surface area (Å²) in [7, 11) is 0. The number of hydrogen-bond acceptors (Lipinski definition) is 5. The Kier molecular flexibility index (Phi) is 5.64. The van der Waals surface area contributed by atoms with Gasteiger partial charge in [0.1, 0.15) is 11.6 Å². The highest BCUT2D eigenvalue weighted by molar-refractivity contribution is 8.00. The van der Waals surface area contributed by atoms with Crippen molar-refractivity contribution in [2.45, 2.75) is 55.9 Å². The van der Waals surface area contributed by atoms with E-state index in [0.717, 1.165) is 37.3 Å². The predicted octanol–water partition coefficient (Wildman–Crippen LogP) is 4.19. The number of anilines is 1. The van der Waals surface area contributed by atoms with Crippen LogP contribution in [0.4, 0.5) is 18.9 Å². The molecule has 0 radical (unpaired) electrons. The third-order valence-corrected chi connectivity index (χ3v) is 5.09. The zero-order valence-electron chi connectivity index (χ0n) is 14.8. The van der Waals surface area contributed by atoms with E-state index in [2.05, 4.69) is 20.3 Å². The Morgan fingerprint density at radius 3 is 2.56 bits per heavy atom. The van der Waals surface area contributed by atoms with Crippen molar-refractivity contribution in [1.29, 1.82) is 0 Å².